The van der Waals surface area contributed by atoms with Gasteiger partial charge in [-0.15, -0.1) is 0 Å². The monoisotopic (exact) mass is 480 g/mol. The Labute approximate surface area is 189 Å². The highest BCUT2D eigenvalue weighted by atomic mass is 79.9. The van der Waals surface area contributed by atoms with Crippen molar-refractivity contribution in [3.05, 3.63) is 93.5 Å². The van der Waals surface area contributed by atoms with Gasteiger partial charge in [0.1, 0.15) is 11.5 Å². The first-order valence-corrected chi connectivity index (χ1v) is 10.3. The number of carbonyl (C=O) groups excluding carboxylic acids is 2. The predicted octanol–water partition coefficient (Wildman–Crippen LogP) is 4.81. The second-order valence-corrected chi connectivity index (χ2v) is 7.62. The van der Waals surface area contributed by atoms with Crippen molar-refractivity contribution in [2.24, 2.45) is 5.10 Å². The van der Waals surface area contributed by atoms with E-state index in [1.165, 1.54) is 6.21 Å². The molecule has 0 saturated heterocycles. The summed E-state index contributed by atoms with van der Waals surface area (Å²) in [4.78, 5) is 24.1. The fourth-order valence-corrected chi connectivity index (χ4v) is 3.02. The molecule has 158 valence electrons. The third kappa shape index (κ3) is 6.52. The van der Waals surface area contributed by atoms with E-state index in [2.05, 4.69) is 26.5 Å². The van der Waals surface area contributed by atoms with Gasteiger partial charge in [0.05, 0.1) is 11.8 Å². The maximum Gasteiger partial charge on any atom is 0.344 e. The highest BCUT2D eigenvalue weighted by Crippen LogP contribution is 2.19. The van der Waals surface area contributed by atoms with Crippen molar-refractivity contribution >= 4 is 34.0 Å². The summed E-state index contributed by atoms with van der Waals surface area (Å²) in [7, 11) is 0. The van der Waals surface area contributed by atoms with Crippen LogP contribution in [0, 0.1) is 13.8 Å². The average molecular weight is 481 g/mol. The molecule has 0 saturated carbocycles. The first-order chi connectivity index (χ1) is 14.9. The Kier molecular flexibility index (Phi) is 7.56. The minimum atomic E-state index is -0.454. The van der Waals surface area contributed by atoms with Crippen LogP contribution >= 0.6 is 15.9 Å². The standard InChI is InChI=1S/C24H21BrN2O4/c1-16-7-10-20(13-17(16)2)30-15-23(28)27-26-14-18-8-11-19(12-9-18)31-24(29)21-5-3-4-6-22(21)25/h3-14H,15H2,1-2H3,(H,27,28). The third-order valence-corrected chi connectivity index (χ3v) is 5.13. The number of ether oxygens (including phenoxy) is 2. The van der Waals surface area contributed by atoms with Crippen LogP contribution in [0.15, 0.2) is 76.3 Å². The molecule has 3 aromatic rings. The maximum atomic E-state index is 12.2. The van der Waals surface area contributed by atoms with Gasteiger partial charge in [-0.2, -0.15) is 5.10 Å². The molecule has 0 aromatic heterocycles. The molecular formula is C24H21BrN2O4. The molecule has 7 heteroatoms. The van der Waals surface area contributed by atoms with Crippen molar-refractivity contribution in [2.75, 3.05) is 6.61 Å². The zero-order valence-corrected chi connectivity index (χ0v) is 18.7. The largest absolute Gasteiger partial charge is 0.484 e. The van der Waals surface area contributed by atoms with E-state index in [0.717, 1.165) is 16.7 Å². The lowest BCUT2D eigenvalue weighted by atomic mass is 10.1. The van der Waals surface area contributed by atoms with E-state index in [1.54, 1.807) is 42.5 Å². The molecule has 0 bridgehead atoms. The van der Waals surface area contributed by atoms with Gasteiger partial charge in [0, 0.05) is 4.47 Å². The van der Waals surface area contributed by atoms with Gasteiger partial charge >= 0.3 is 5.97 Å². The molecule has 3 aromatic carbocycles. The topological polar surface area (TPSA) is 77.0 Å². The molecule has 3 rings (SSSR count). The van der Waals surface area contributed by atoms with Crippen molar-refractivity contribution in [3.8, 4) is 11.5 Å². The molecule has 0 aliphatic heterocycles. The smallest absolute Gasteiger partial charge is 0.344 e. The number of esters is 1. The Morgan fingerprint density at radius 3 is 2.39 bits per heavy atom. The van der Waals surface area contributed by atoms with E-state index in [0.29, 0.717) is 21.5 Å². The van der Waals surface area contributed by atoms with Crippen LogP contribution in [0.4, 0.5) is 0 Å². The number of rotatable bonds is 7. The molecule has 0 heterocycles. The Morgan fingerprint density at radius 1 is 0.968 bits per heavy atom. The van der Waals surface area contributed by atoms with Crippen LogP contribution in [-0.2, 0) is 4.79 Å². The van der Waals surface area contributed by atoms with Gasteiger partial charge in [0.15, 0.2) is 6.61 Å². The molecule has 0 spiro atoms. The van der Waals surface area contributed by atoms with Gasteiger partial charge in [-0.05, 0) is 95.0 Å². The van der Waals surface area contributed by atoms with Gasteiger partial charge in [0.25, 0.3) is 5.91 Å². The number of amides is 1. The summed E-state index contributed by atoms with van der Waals surface area (Å²) in [5.41, 5.74) is 5.85. The molecule has 0 aliphatic rings. The van der Waals surface area contributed by atoms with Crippen molar-refractivity contribution < 1.29 is 19.1 Å². The summed E-state index contributed by atoms with van der Waals surface area (Å²) >= 11 is 3.33. The molecule has 0 radical (unpaired) electrons. The Morgan fingerprint density at radius 2 is 1.68 bits per heavy atom. The molecule has 0 fully saturated rings. The number of hydrogen-bond donors (Lipinski definition) is 1. The van der Waals surface area contributed by atoms with Crippen LogP contribution < -0.4 is 14.9 Å². The van der Waals surface area contributed by atoms with E-state index in [4.69, 9.17) is 9.47 Å². The van der Waals surface area contributed by atoms with E-state index in [9.17, 15) is 9.59 Å². The van der Waals surface area contributed by atoms with Crippen LogP contribution in [0.25, 0.3) is 0 Å². The molecule has 0 unspecified atom stereocenters. The summed E-state index contributed by atoms with van der Waals surface area (Å²) in [5, 5.41) is 3.92. The zero-order valence-electron chi connectivity index (χ0n) is 17.1. The maximum absolute atomic E-state index is 12.2. The van der Waals surface area contributed by atoms with E-state index in [1.807, 2.05) is 38.1 Å². The molecule has 6 nitrogen and oxygen atoms in total. The average Bonchev–Trinajstić information content (AvgIpc) is 2.76. The second-order valence-electron chi connectivity index (χ2n) is 6.77. The third-order valence-electron chi connectivity index (χ3n) is 4.44. The number of halogens is 1. The Bertz CT molecular complexity index is 1110. The van der Waals surface area contributed by atoms with Crippen LogP contribution in [-0.4, -0.2) is 24.7 Å². The SMILES string of the molecule is Cc1ccc(OCC(=O)NN=Cc2ccc(OC(=O)c3ccccc3Br)cc2)cc1C. The quantitative estimate of drug-likeness (QED) is 0.227. The minimum absolute atomic E-state index is 0.135. The zero-order chi connectivity index (χ0) is 22.2. The lowest BCUT2D eigenvalue weighted by molar-refractivity contribution is -0.123. The summed E-state index contributed by atoms with van der Waals surface area (Å²) in [6.45, 7) is 3.86. The van der Waals surface area contributed by atoms with Crippen molar-refractivity contribution in [1.29, 1.82) is 0 Å². The molecule has 0 aliphatic carbocycles. The molecule has 1 N–H and O–H groups in total. The molecular weight excluding hydrogens is 460 g/mol. The molecule has 31 heavy (non-hydrogen) atoms. The van der Waals surface area contributed by atoms with Gasteiger partial charge in [-0.1, -0.05) is 18.2 Å². The first-order valence-electron chi connectivity index (χ1n) is 9.51. The molecule has 0 atom stereocenters. The lowest BCUT2D eigenvalue weighted by Crippen LogP contribution is -2.24. The van der Waals surface area contributed by atoms with Gasteiger partial charge < -0.3 is 9.47 Å². The molecule has 1 amide bonds. The summed E-state index contributed by atoms with van der Waals surface area (Å²) in [6, 6.07) is 19.5. The summed E-state index contributed by atoms with van der Waals surface area (Å²) in [5.74, 6) is 0.219. The number of benzene rings is 3. The van der Waals surface area contributed by atoms with Crippen LogP contribution in [0.5, 0.6) is 11.5 Å². The van der Waals surface area contributed by atoms with Crippen molar-refractivity contribution in [1.82, 2.24) is 5.43 Å². The normalized spacial score (nSPS) is 10.7. The first kappa shape index (κ1) is 22.2. The van der Waals surface area contributed by atoms with Crippen LogP contribution in [0.3, 0.4) is 0 Å². The number of hydrazone groups is 1. The Hall–Kier alpha value is -3.45. The van der Waals surface area contributed by atoms with Gasteiger partial charge in [-0.25, -0.2) is 10.2 Å². The summed E-state index contributed by atoms with van der Waals surface area (Å²) < 4.78 is 11.5. The fourth-order valence-electron chi connectivity index (χ4n) is 2.57. The predicted molar refractivity (Wildman–Crippen MR) is 123 cm³/mol. The van der Waals surface area contributed by atoms with Gasteiger partial charge in [-0.3, -0.25) is 4.79 Å². The van der Waals surface area contributed by atoms with Crippen LogP contribution in [0.2, 0.25) is 0 Å². The highest BCUT2D eigenvalue weighted by molar-refractivity contribution is 9.10. The number of nitrogens with zero attached hydrogens (tertiary/aromatic N) is 1. The van der Waals surface area contributed by atoms with Crippen molar-refractivity contribution in [2.45, 2.75) is 13.8 Å². The van der Waals surface area contributed by atoms with E-state index in [-0.39, 0.29) is 12.5 Å². The van der Waals surface area contributed by atoms with E-state index < -0.39 is 5.97 Å². The minimum Gasteiger partial charge on any atom is -0.484 e. The van der Waals surface area contributed by atoms with Gasteiger partial charge in [0.2, 0.25) is 0 Å². The van der Waals surface area contributed by atoms with E-state index >= 15 is 0 Å². The van der Waals surface area contributed by atoms with Crippen molar-refractivity contribution in [3.63, 3.8) is 0 Å². The fraction of sp³-hybridized carbons (Fsp3) is 0.125. The second kappa shape index (κ2) is 10.5. The number of hydrogen-bond acceptors (Lipinski definition) is 5. The lowest BCUT2D eigenvalue weighted by Gasteiger charge is -2.07. The number of carbonyl (C=O) groups is 2. The summed E-state index contributed by atoms with van der Waals surface area (Å²) in [6.07, 6.45) is 1.49. The highest BCUT2D eigenvalue weighted by Gasteiger charge is 2.11. The number of aryl methyl sites for hydroxylation is 2. The Balaban J connectivity index is 1.47. The number of nitrogens with one attached hydrogen (secondary N) is 1. The van der Waals surface area contributed by atoms with Crippen LogP contribution in [0.1, 0.15) is 27.0 Å².